The Balaban J connectivity index is 2.63. The monoisotopic (exact) mass is 111 g/mol. The van der Waals surface area contributed by atoms with Crippen LogP contribution in [0.15, 0.2) is 16.9 Å². The minimum absolute atomic E-state index is 0.0104. The van der Waals surface area contributed by atoms with Gasteiger partial charge in [-0.2, -0.15) is 5.10 Å². The summed E-state index contributed by atoms with van der Waals surface area (Å²) in [6.45, 7) is 1.96. The Bertz CT molecular complexity index is 137. The van der Waals surface area contributed by atoms with Gasteiger partial charge in [-0.05, 0) is 12.5 Å². The molecule has 1 rings (SSSR count). The van der Waals surface area contributed by atoms with Crippen molar-refractivity contribution in [2.24, 2.45) is 10.8 Å². The Labute approximate surface area is 48.3 Å². The predicted octanol–water partition coefficient (Wildman–Crippen LogP) is -0.193. The molecule has 8 heavy (non-hydrogen) atoms. The summed E-state index contributed by atoms with van der Waals surface area (Å²) >= 11 is 0. The van der Waals surface area contributed by atoms with Gasteiger partial charge in [0, 0.05) is 12.4 Å². The zero-order valence-electron chi connectivity index (χ0n) is 4.76. The highest BCUT2D eigenvalue weighted by molar-refractivity contribution is 5.69. The molecular weight excluding hydrogens is 102 g/mol. The number of rotatable bonds is 0. The average Bonchev–Trinajstić information content (AvgIpc) is 1.77. The summed E-state index contributed by atoms with van der Waals surface area (Å²) in [7, 11) is 0. The first-order chi connectivity index (χ1) is 3.80. The van der Waals surface area contributed by atoms with Crippen LogP contribution in [0, 0.1) is 0 Å². The van der Waals surface area contributed by atoms with Crippen LogP contribution in [0.2, 0.25) is 0 Å². The third-order valence-electron chi connectivity index (χ3n) is 1.13. The molecule has 3 N–H and O–H groups in total. The summed E-state index contributed by atoms with van der Waals surface area (Å²) < 4.78 is 0. The maximum Gasteiger partial charge on any atom is 0.0647 e. The number of hydrogen-bond donors (Lipinski definition) is 2. The molecule has 1 heterocycles. The van der Waals surface area contributed by atoms with E-state index in [0.717, 1.165) is 5.57 Å². The lowest BCUT2D eigenvalue weighted by molar-refractivity contribution is 0.866. The van der Waals surface area contributed by atoms with Gasteiger partial charge in [-0.1, -0.05) is 0 Å². The van der Waals surface area contributed by atoms with Gasteiger partial charge in [0.1, 0.15) is 0 Å². The third-order valence-corrected chi connectivity index (χ3v) is 1.13. The molecule has 1 aliphatic rings. The maximum atomic E-state index is 5.52. The van der Waals surface area contributed by atoms with Crippen LogP contribution in [0.1, 0.15) is 6.92 Å². The van der Waals surface area contributed by atoms with Gasteiger partial charge in [-0.15, -0.1) is 0 Å². The molecule has 44 valence electrons. The highest BCUT2D eigenvalue weighted by Gasteiger charge is 2.02. The summed E-state index contributed by atoms with van der Waals surface area (Å²) in [5.74, 6) is 0. The Hall–Kier alpha value is -0.830. The standard InChI is InChI=1S/C5H9N3/c1-4-2-7-8-3-5(4)6/h2-3,5,7H,6H2,1H3. The van der Waals surface area contributed by atoms with Crippen LogP contribution in [-0.2, 0) is 0 Å². The fourth-order valence-corrected chi connectivity index (χ4v) is 0.476. The molecule has 0 radical (unpaired) electrons. The van der Waals surface area contributed by atoms with E-state index in [0.29, 0.717) is 0 Å². The van der Waals surface area contributed by atoms with Crippen molar-refractivity contribution in [2.75, 3.05) is 0 Å². The first-order valence-corrected chi connectivity index (χ1v) is 2.51. The number of hydrazone groups is 1. The van der Waals surface area contributed by atoms with Gasteiger partial charge in [0.2, 0.25) is 0 Å². The van der Waals surface area contributed by atoms with Crippen LogP contribution in [-0.4, -0.2) is 12.3 Å². The van der Waals surface area contributed by atoms with Crippen molar-refractivity contribution in [2.45, 2.75) is 13.0 Å². The van der Waals surface area contributed by atoms with Crippen molar-refractivity contribution >= 4 is 6.21 Å². The Morgan fingerprint density at radius 2 is 2.62 bits per heavy atom. The zero-order chi connectivity index (χ0) is 5.98. The summed E-state index contributed by atoms with van der Waals surface area (Å²) in [4.78, 5) is 0. The average molecular weight is 111 g/mol. The molecule has 0 aromatic rings. The maximum absolute atomic E-state index is 5.52. The van der Waals surface area contributed by atoms with Gasteiger partial charge in [0.05, 0.1) is 6.04 Å². The Kier molecular flexibility index (Phi) is 1.30. The van der Waals surface area contributed by atoms with E-state index in [4.69, 9.17) is 5.73 Å². The molecule has 1 unspecified atom stereocenters. The quantitative estimate of drug-likeness (QED) is 0.455. The van der Waals surface area contributed by atoms with E-state index in [1.165, 1.54) is 0 Å². The highest BCUT2D eigenvalue weighted by atomic mass is 15.3. The smallest absolute Gasteiger partial charge is 0.0647 e. The molecule has 0 aromatic carbocycles. The van der Waals surface area contributed by atoms with E-state index in [-0.39, 0.29) is 6.04 Å². The molecule has 0 saturated carbocycles. The molecule has 3 nitrogen and oxygen atoms in total. The highest BCUT2D eigenvalue weighted by Crippen LogP contribution is 1.96. The normalized spacial score (nSPS) is 26.8. The van der Waals surface area contributed by atoms with Gasteiger partial charge in [-0.3, -0.25) is 5.43 Å². The molecular formula is C5H9N3. The minimum Gasteiger partial charge on any atom is -0.320 e. The summed E-state index contributed by atoms with van der Waals surface area (Å²) in [5, 5.41) is 3.73. The summed E-state index contributed by atoms with van der Waals surface area (Å²) in [6.07, 6.45) is 3.47. The Morgan fingerprint density at radius 1 is 1.88 bits per heavy atom. The van der Waals surface area contributed by atoms with Crippen molar-refractivity contribution in [1.29, 1.82) is 0 Å². The largest absolute Gasteiger partial charge is 0.320 e. The molecule has 0 aliphatic carbocycles. The van der Waals surface area contributed by atoms with Crippen LogP contribution >= 0.6 is 0 Å². The Morgan fingerprint density at radius 3 is 3.00 bits per heavy atom. The van der Waals surface area contributed by atoms with E-state index >= 15 is 0 Å². The second kappa shape index (κ2) is 1.96. The second-order valence-electron chi connectivity index (χ2n) is 1.82. The van der Waals surface area contributed by atoms with Gasteiger partial charge < -0.3 is 5.73 Å². The molecule has 0 fully saturated rings. The molecule has 1 atom stereocenters. The first-order valence-electron chi connectivity index (χ1n) is 2.51. The second-order valence-corrected chi connectivity index (χ2v) is 1.82. The number of nitrogens with one attached hydrogen (secondary N) is 1. The lowest BCUT2D eigenvalue weighted by Gasteiger charge is -2.09. The molecule has 3 heteroatoms. The number of nitrogens with two attached hydrogens (primary N) is 1. The molecule has 0 aromatic heterocycles. The zero-order valence-corrected chi connectivity index (χ0v) is 4.76. The predicted molar refractivity (Wildman–Crippen MR) is 33.4 cm³/mol. The van der Waals surface area contributed by atoms with Crippen molar-refractivity contribution < 1.29 is 0 Å². The van der Waals surface area contributed by atoms with Crippen molar-refractivity contribution in [1.82, 2.24) is 5.43 Å². The van der Waals surface area contributed by atoms with Crippen LogP contribution in [0.4, 0.5) is 0 Å². The lowest BCUT2D eigenvalue weighted by atomic mass is 10.2. The summed E-state index contributed by atoms with van der Waals surface area (Å²) in [5.41, 5.74) is 9.32. The van der Waals surface area contributed by atoms with Gasteiger partial charge in [0.15, 0.2) is 0 Å². The van der Waals surface area contributed by atoms with Crippen molar-refractivity contribution in [3.05, 3.63) is 11.8 Å². The number of hydrogen-bond acceptors (Lipinski definition) is 3. The lowest BCUT2D eigenvalue weighted by Crippen LogP contribution is -2.27. The molecule has 0 spiro atoms. The minimum atomic E-state index is 0.0104. The van der Waals surface area contributed by atoms with Crippen LogP contribution in [0.3, 0.4) is 0 Å². The van der Waals surface area contributed by atoms with Crippen molar-refractivity contribution in [3.63, 3.8) is 0 Å². The SMILES string of the molecule is CC1=CNN=CC1N. The molecule has 0 amide bonds. The fourth-order valence-electron chi connectivity index (χ4n) is 0.476. The first kappa shape index (κ1) is 5.31. The van der Waals surface area contributed by atoms with E-state index < -0.39 is 0 Å². The molecule has 0 saturated heterocycles. The summed E-state index contributed by atoms with van der Waals surface area (Å²) in [6, 6.07) is 0.0104. The van der Waals surface area contributed by atoms with E-state index in [1.54, 1.807) is 12.4 Å². The third kappa shape index (κ3) is 0.869. The van der Waals surface area contributed by atoms with Gasteiger partial charge in [0.25, 0.3) is 0 Å². The van der Waals surface area contributed by atoms with Crippen LogP contribution in [0.25, 0.3) is 0 Å². The molecule has 1 aliphatic heterocycles. The van der Waals surface area contributed by atoms with Crippen LogP contribution in [0.5, 0.6) is 0 Å². The molecule has 0 bridgehead atoms. The van der Waals surface area contributed by atoms with E-state index in [9.17, 15) is 0 Å². The van der Waals surface area contributed by atoms with Gasteiger partial charge in [-0.25, -0.2) is 0 Å². The number of nitrogens with zero attached hydrogens (tertiary/aromatic N) is 1. The van der Waals surface area contributed by atoms with Gasteiger partial charge >= 0.3 is 0 Å². The van der Waals surface area contributed by atoms with E-state index in [1.807, 2.05) is 6.92 Å². The van der Waals surface area contributed by atoms with Crippen molar-refractivity contribution in [3.8, 4) is 0 Å². The fraction of sp³-hybridized carbons (Fsp3) is 0.400. The van der Waals surface area contributed by atoms with Crippen LogP contribution < -0.4 is 11.2 Å². The van der Waals surface area contributed by atoms with E-state index in [2.05, 4.69) is 10.5 Å². The topological polar surface area (TPSA) is 50.4 Å².